The SMILES string of the molecule is COC(=O)c1cccc([S+]2c3ccccc3Oc3ccccc32)c1. The number of esters is 1. The lowest BCUT2D eigenvalue weighted by Crippen LogP contribution is -2.13. The molecule has 0 radical (unpaired) electrons. The van der Waals surface area contributed by atoms with Crippen molar-refractivity contribution in [3.8, 4) is 11.5 Å². The molecule has 0 aromatic heterocycles. The number of methoxy groups -OCH3 is 1. The molecule has 24 heavy (non-hydrogen) atoms. The summed E-state index contributed by atoms with van der Waals surface area (Å²) in [6.45, 7) is 0. The average molecular weight is 335 g/mol. The first-order valence-electron chi connectivity index (χ1n) is 7.56. The van der Waals surface area contributed by atoms with Crippen molar-refractivity contribution in [1.82, 2.24) is 0 Å². The Labute approximate surface area is 143 Å². The van der Waals surface area contributed by atoms with Crippen molar-refractivity contribution < 1.29 is 14.3 Å². The molecule has 4 rings (SSSR count). The van der Waals surface area contributed by atoms with Crippen molar-refractivity contribution in [1.29, 1.82) is 0 Å². The quantitative estimate of drug-likeness (QED) is 0.394. The first kappa shape index (κ1) is 14.8. The second kappa shape index (κ2) is 6.06. The first-order chi connectivity index (χ1) is 11.8. The third kappa shape index (κ3) is 2.45. The van der Waals surface area contributed by atoms with E-state index in [-0.39, 0.29) is 16.9 Å². The van der Waals surface area contributed by atoms with E-state index >= 15 is 0 Å². The van der Waals surface area contributed by atoms with E-state index in [1.54, 1.807) is 6.07 Å². The molecule has 0 unspecified atom stereocenters. The van der Waals surface area contributed by atoms with Crippen LogP contribution in [0.4, 0.5) is 0 Å². The number of carbonyl (C=O) groups excluding carboxylic acids is 1. The Kier molecular flexibility index (Phi) is 3.75. The summed E-state index contributed by atoms with van der Waals surface area (Å²) in [4.78, 5) is 15.2. The summed E-state index contributed by atoms with van der Waals surface area (Å²) in [5.41, 5.74) is 0.559. The minimum Gasteiger partial charge on any atom is -0.465 e. The van der Waals surface area contributed by atoms with Gasteiger partial charge in [-0.1, -0.05) is 30.3 Å². The predicted molar refractivity (Wildman–Crippen MR) is 92.9 cm³/mol. The van der Waals surface area contributed by atoms with E-state index in [2.05, 4.69) is 18.2 Å². The molecule has 0 saturated heterocycles. The minimum absolute atomic E-state index is 0.319. The van der Waals surface area contributed by atoms with Gasteiger partial charge >= 0.3 is 5.97 Å². The Morgan fingerprint density at radius 3 is 2.12 bits per heavy atom. The van der Waals surface area contributed by atoms with Crippen LogP contribution in [0.25, 0.3) is 0 Å². The molecular weight excluding hydrogens is 320 g/mol. The summed E-state index contributed by atoms with van der Waals surface area (Å²) in [7, 11) is 1.08. The fraction of sp³-hybridized carbons (Fsp3) is 0.0500. The second-order valence-corrected chi connectivity index (χ2v) is 7.28. The number of ether oxygens (including phenoxy) is 2. The lowest BCUT2D eigenvalue weighted by atomic mass is 10.2. The topological polar surface area (TPSA) is 35.5 Å². The third-order valence-electron chi connectivity index (χ3n) is 3.85. The second-order valence-electron chi connectivity index (χ2n) is 5.32. The molecule has 4 heteroatoms. The van der Waals surface area contributed by atoms with Gasteiger partial charge in [-0.25, -0.2) is 4.79 Å². The van der Waals surface area contributed by atoms with E-state index < -0.39 is 0 Å². The highest BCUT2D eigenvalue weighted by Gasteiger charge is 2.39. The zero-order valence-electron chi connectivity index (χ0n) is 13.1. The van der Waals surface area contributed by atoms with Gasteiger partial charge < -0.3 is 9.47 Å². The smallest absolute Gasteiger partial charge is 0.338 e. The summed E-state index contributed by atoms with van der Waals surface area (Å²) in [5, 5.41) is 0. The molecule has 1 aliphatic rings. The Hall–Kier alpha value is -2.72. The molecule has 0 aliphatic carbocycles. The maximum absolute atomic E-state index is 11.9. The number of rotatable bonds is 2. The summed E-state index contributed by atoms with van der Waals surface area (Å²) < 4.78 is 10.9. The highest BCUT2D eigenvalue weighted by atomic mass is 32.2. The number of fused-ring (bicyclic) bond motifs is 2. The average Bonchev–Trinajstić information content (AvgIpc) is 2.65. The van der Waals surface area contributed by atoms with Gasteiger partial charge in [0, 0.05) is 6.07 Å². The molecule has 3 aromatic carbocycles. The van der Waals surface area contributed by atoms with Crippen molar-refractivity contribution in [3.05, 3.63) is 78.4 Å². The Morgan fingerprint density at radius 1 is 0.875 bits per heavy atom. The number of carbonyl (C=O) groups is 1. The summed E-state index contributed by atoms with van der Waals surface area (Å²) in [6, 6.07) is 23.7. The van der Waals surface area contributed by atoms with Crippen molar-refractivity contribution in [2.24, 2.45) is 0 Å². The molecule has 0 atom stereocenters. The molecule has 0 fully saturated rings. The molecule has 0 amide bonds. The van der Waals surface area contributed by atoms with E-state index in [0.717, 1.165) is 26.2 Å². The number of hydrogen-bond donors (Lipinski definition) is 0. The van der Waals surface area contributed by atoms with Crippen molar-refractivity contribution >= 4 is 16.9 Å². The molecule has 0 saturated carbocycles. The largest absolute Gasteiger partial charge is 0.465 e. The van der Waals surface area contributed by atoms with Gasteiger partial charge in [-0.2, -0.15) is 0 Å². The van der Waals surface area contributed by atoms with Gasteiger partial charge in [-0.3, -0.25) is 0 Å². The normalized spacial score (nSPS) is 12.7. The molecule has 3 nitrogen and oxygen atoms in total. The standard InChI is InChI=1S/C20H15O3S/c1-22-20(21)14-7-6-8-15(13-14)24-18-11-4-2-9-16(18)23-17-10-3-5-12-19(17)24/h2-13H,1H3/q+1. The van der Waals surface area contributed by atoms with Crippen LogP contribution in [0.1, 0.15) is 10.4 Å². The molecular formula is C20H15O3S+. The number of hydrogen-bond acceptors (Lipinski definition) is 3. The van der Waals surface area contributed by atoms with Crippen LogP contribution in [-0.2, 0) is 15.6 Å². The van der Waals surface area contributed by atoms with Crippen LogP contribution in [0.2, 0.25) is 0 Å². The van der Waals surface area contributed by atoms with Crippen LogP contribution in [0.5, 0.6) is 11.5 Å². The summed E-state index contributed by atoms with van der Waals surface area (Å²) >= 11 is 0. The van der Waals surface area contributed by atoms with Crippen LogP contribution in [0, 0.1) is 0 Å². The molecule has 0 spiro atoms. The van der Waals surface area contributed by atoms with E-state index in [0.29, 0.717) is 5.56 Å². The molecule has 1 heterocycles. The Bertz CT molecular complexity index is 875. The van der Waals surface area contributed by atoms with Crippen molar-refractivity contribution in [2.75, 3.05) is 7.11 Å². The van der Waals surface area contributed by atoms with Crippen LogP contribution in [-0.4, -0.2) is 13.1 Å². The monoisotopic (exact) mass is 335 g/mol. The molecule has 1 aliphatic heterocycles. The molecule has 0 N–H and O–H groups in total. The van der Waals surface area contributed by atoms with Crippen molar-refractivity contribution in [3.63, 3.8) is 0 Å². The van der Waals surface area contributed by atoms with Gasteiger partial charge in [0.2, 0.25) is 9.79 Å². The van der Waals surface area contributed by atoms with Gasteiger partial charge in [0.1, 0.15) is 10.9 Å². The van der Waals surface area contributed by atoms with E-state index in [9.17, 15) is 4.79 Å². The van der Waals surface area contributed by atoms with Crippen LogP contribution >= 0.6 is 0 Å². The maximum Gasteiger partial charge on any atom is 0.338 e. The van der Waals surface area contributed by atoms with Crippen LogP contribution in [0.3, 0.4) is 0 Å². The van der Waals surface area contributed by atoms with Crippen LogP contribution < -0.4 is 4.74 Å². The lowest BCUT2D eigenvalue weighted by molar-refractivity contribution is 0.0600. The number of benzene rings is 3. The lowest BCUT2D eigenvalue weighted by Gasteiger charge is -2.19. The maximum atomic E-state index is 11.9. The van der Waals surface area contributed by atoms with Crippen molar-refractivity contribution in [2.45, 2.75) is 14.7 Å². The highest BCUT2D eigenvalue weighted by molar-refractivity contribution is 7.97. The zero-order valence-corrected chi connectivity index (χ0v) is 13.9. The van der Waals surface area contributed by atoms with Crippen LogP contribution in [0.15, 0.2) is 87.5 Å². The third-order valence-corrected chi connectivity index (χ3v) is 6.13. The summed E-state index contributed by atoms with van der Waals surface area (Å²) in [5.74, 6) is 1.40. The number of para-hydroxylation sites is 2. The first-order valence-corrected chi connectivity index (χ1v) is 8.79. The summed E-state index contributed by atoms with van der Waals surface area (Å²) in [6.07, 6.45) is 0. The van der Waals surface area contributed by atoms with E-state index in [4.69, 9.17) is 9.47 Å². The zero-order chi connectivity index (χ0) is 16.5. The molecule has 0 bridgehead atoms. The van der Waals surface area contributed by atoms with Gasteiger partial charge in [0.25, 0.3) is 0 Å². The van der Waals surface area contributed by atoms with Gasteiger partial charge in [0.05, 0.1) is 12.7 Å². The fourth-order valence-electron chi connectivity index (χ4n) is 2.76. The fourth-order valence-corrected chi connectivity index (χ4v) is 5.02. The highest BCUT2D eigenvalue weighted by Crippen LogP contribution is 2.46. The Balaban J connectivity index is 1.91. The van der Waals surface area contributed by atoms with E-state index in [1.807, 2.05) is 48.5 Å². The van der Waals surface area contributed by atoms with Gasteiger partial charge in [-0.05, 0) is 36.4 Å². The molecule has 3 aromatic rings. The predicted octanol–water partition coefficient (Wildman–Crippen LogP) is 4.67. The van der Waals surface area contributed by atoms with Gasteiger partial charge in [0.15, 0.2) is 16.4 Å². The molecule has 118 valence electrons. The Morgan fingerprint density at radius 2 is 1.50 bits per heavy atom. The van der Waals surface area contributed by atoms with E-state index in [1.165, 1.54) is 7.11 Å². The minimum atomic E-state index is -0.324. The van der Waals surface area contributed by atoms with Gasteiger partial charge in [-0.15, -0.1) is 0 Å².